The Morgan fingerprint density at radius 2 is 1.64 bits per heavy atom. The molecule has 1 N–H and O–H groups in total. The van der Waals surface area contributed by atoms with Gasteiger partial charge in [0.25, 0.3) is 0 Å². The fraction of sp³-hybridized carbons (Fsp3) is 0. The number of azo groups is 1. The van der Waals surface area contributed by atoms with Gasteiger partial charge >= 0.3 is 5.97 Å². The van der Waals surface area contributed by atoms with E-state index in [1.165, 1.54) is 6.07 Å². The molecule has 0 aromatic heterocycles. The zero-order valence-corrected chi connectivity index (χ0v) is 12.7. The summed E-state index contributed by atoms with van der Waals surface area (Å²) in [5, 5.41) is 41.3. The Hall–Kier alpha value is -3.74. The van der Waals surface area contributed by atoms with Crippen LogP contribution < -0.4 is 10.2 Å². The van der Waals surface area contributed by atoms with Crippen LogP contribution in [0.5, 0.6) is 5.75 Å². The normalized spacial score (nSPS) is 11.0. The number of carbonyl (C=O) groups excluding carboxylic acids is 1. The Labute approximate surface area is 141 Å². The lowest BCUT2D eigenvalue weighted by molar-refractivity contribution is -0.267. The van der Waals surface area contributed by atoms with E-state index in [2.05, 4.69) is 10.2 Å². The second-order valence-corrected chi connectivity index (χ2v) is 5.19. The van der Waals surface area contributed by atoms with Gasteiger partial charge in [-0.15, -0.1) is 0 Å². The number of benzene rings is 3. The smallest absolute Gasteiger partial charge is 0.335 e. The summed E-state index contributed by atoms with van der Waals surface area (Å²) in [6.07, 6.45) is 0. The second-order valence-electron chi connectivity index (χ2n) is 5.19. The minimum absolute atomic E-state index is 0.00793. The van der Waals surface area contributed by atoms with Crippen molar-refractivity contribution < 1.29 is 24.9 Å². The van der Waals surface area contributed by atoms with E-state index in [9.17, 15) is 19.8 Å². The van der Waals surface area contributed by atoms with E-state index in [0.717, 1.165) is 23.6 Å². The molecule has 0 aliphatic rings. The van der Waals surface area contributed by atoms with Crippen molar-refractivity contribution in [2.45, 2.75) is 0 Å². The topological polar surface area (TPSA) is 125 Å². The van der Waals surface area contributed by atoms with Gasteiger partial charge in [0.1, 0.15) is 0 Å². The standard InChI is InChI=1S/C18H12N2O5/c21-15-6-5-10-3-1-2-4-14(10)16(15)20-19-13-8-11(17(22)23)7-12(9-13)18(24)25/h1-9,21H,(H,22,23)(H,24,25)/p-2. The fourth-order valence-corrected chi connectivity index (χ4v) is 2.36. The van der Waals surface area contributed by atoms with E-state index in [1.54, 1.807) is 18.2 Å². The molecule has 3 rings (SSSR count). The van der Waals surface area contributed by atoms with E-state index >= 15 is 0 Å². The number of nitrogens with zero attached hydrogens (tertiary/aromatic N) is 2. The van der Waals surface area contributed by atoms with E-state index in [4.69, 9.17) is 5.11 Å². The van der Waals surface area contributed by atoms with Gasteiger partial charge in [0.2, 0.25) is 0 Å². The zero-order chi connectivity index (χ0) is 18.0. The molecule has 0 fully saturated rings. The summed E-state index contributed by atoms with van der Waals surface area (Å²) in [7, 11) is 0. The molecule has 0 bridgehead atoms. The van der Waals surface area contributed by atoms with Crippen molar-refractivity contribution in [1.29, 1.82) is 0 Å². The van der Waals surface area contributed by atoms with Crippen molar-refractivity contribution in [2.75, 3.05) is 0 Å². The first-order valence-corrected chi connectivity index (χ1v) is 7.16. The van der Waals surface area contributed by atoms with Crippen LogP contribution in [0.4, 0.5) is 11.4 Å². The number of hydrogen-bond acceptors (Lipinski definition) is 6. The van der Waals surface area contributed by atoms with Crippen LogP contribution in [0.2, 0.25) is 0 Å². The lowest BCUT2D eigenvalue weighted by Crippen LogP contribution is -2.22. The molecule has 0 amide bonds. The third-order valence-electron chi connectivity index (χ3n) is 3.53. The molecule has 0 saturated heterocycles. The molecular weight excluding hydrogens is 324 g/mol. The van der Waals surface area contributed by atoms with Crippen molar-refractivity contribution in [3.63, 3.8) is 0 Å². The Balaban J connectivity index is 2.10. The Morgan fingerprint density at radius 1 is 0.920 bits per heavy atom. The number of rotatable bonds is 4. The van der Waals surface area contributed by atoms with Gasteiger partial charge in [-0.1, -0.05) is 42.1 Å². The highest BCUT2D eigenvalue weighted by molar-refractivity contribution is 5.95. The minimum Gasteiger partial charge on any atom is -0.871 e. The van der Waals surface area contributed by atoms with Crippen LogP contribution in [-0.4, -0.2) is 17.0 Å². The predicted octanol–water partition coefficient (Wildman–Crippen LogP) is 2.39. The molecular formula is C18H10N2O5-2. The summed E-state index contributed by atoms with van der Waals surface area (Å²) in [6.45, 7) is 0. The minimum atomic E-state index is -1.53. The van der Waals surface area contributed by atoms with Gasteiger partial charge in [0.05, 0.1) is 22.9 Å². The molecule has 7 nitrogen and oxygen atoms in total. The van der Waals surface area contributed by atoms with Crippen molar-refractivity contribution in [2.24, 2.45) is 10.2 Å². The van der Waals surface area contributed by atoms with Crippen LogP contribution in [0.3, 0.4) is 0 Å². The lowest BCUT2D eigenvalue weighted by Gasteiger charge is -2.11. The largest absolute Gasteiger partial charge is 0.871 e. The number of carboxylic acid groups (broad SMARTS) is 2. The lowest BCUT2D eigenvalue weighted by atomic mass is 10.1. The molecule has 0 heterocycles. The molecule has 0 radical (unpaired) electrons. The molecule has 0 aliphatic carbocycles. The highest BCUT2D eigenvalue weighted by atomic mass is 16.4. The van der Waals surface area contributed by atoms with Crippen LogP contribution in [0.15, 0.2) is 64.8 Å². The van der Waals surface area contributed by atoms with E-state index in [1.807, 2.05) is 12.1 Å². The summed E-state index contributed by atoms with van der Waals surface area (Å²) in [5.74, 6) is -3.19. The maximum absolute atomic E-state index is 12.1. The number of carboxylic acids is 2. The van der Waals surface area contributed by atoms with E-state index in [-0.39, 0.29) is 28.3 Å². The molecule has 7 heteroatoms. The van der Waals surface area contributed by atoms with Crippen LogP contribution in [0.25, 0.3) is 10.8 Å². The maximum atomic E-state index is 12.1. The van der Waals surface area contributed by atoms with Gasteiger partial charge in [0, 0.05) is 10.9 Å². The van der Waals surface area contributed by atoms with E-state index < -0.39 is 11.9 Å². The Bertz CT molecular complexity index is 995. The number of hydrogen-bond donors (Lipinski definition) is 1. The average molecular weight is 334 g/mol. The Morgan fingerprint density at radius 3 is 2.36 bits per heavy atom. The number of fused-ring (bicyclic) bond motifs is 1. The number of aromatic carboxylic acids is 2. The Kier molecular flexibility index (Phi) is 4.13. The number of carbonyl (C=O) groups is 2. The van der Waals surface area contributed by atoms with Gasteiger partial charge in [0.15, 0.2) is 0 Å². The summed E-state index contributed by atoms with van der Waals surface area (Å²) in [4.78, 5) is 22.1. The molecule has 0 atom stereocenters. The predicted molar refractivity (Wildman–Crippen MR) is 85.3 cm³/mol. The first kappa shape index (κ1) is 16.1. The zero-order valence-electron chi connectivity index (χ0n) is 12.7. The van der Waals surface area contributed by atoms with Gasteiger partial charge in [-0.05, 0) is 23.6 Å². The fourth-order valence-electron chi connectivity index (χ4n) is 2.36. The van der Waals surface area contributed by atoms with Crippen LogP contribution >= 0.6 is 0 Å². The quantitative estimate of drug-likeness (QED) is 0.733. The first-order valence-electron chi connectivity index (χ1n) is 7.16. The van der Waals surface area contributed by atoms with Crippen molar-refractivity contribution in [1.82, 2.24) is 0 Å². The van der Waals surface area contributed by atoms with Crippen molar-refractivity contribution in [3.05, 3.63) is 65.7 Å². The third-order valence-corrected chi connectivity index (χ3v) is 3.53. The summed E-state index contributed by atoms with van der Waals surface area (Å²) < 4.78 is 0. The first-order chi connectivity index (χ1) is 12.0. The van der Waals surface area contributed by atoms with Gasteiger partial charge in [-0.2, -0.15) is 10.2 Å². The van der Waals surface area contributed by atoms with Crippen LogP contribution in [-0.2, 0) is 0 Å². The van der Waals surface area contributed by atoms with Gasteiger partial charge in [-0.3, -0.25) is 0 Å². The molecule has 25 heavy (non-hydrogen) atoms. The third kappa shape index (κ3) is 3.30. The average Bonchev–Trinajstić information content (AvgIpc) is 2.60. The molecule has 3 aromatic carbocycles. The van der Waals surface area contributed by atoms with Crippen LogP contribution in [0.1, 0.15) is 20.7 Å². The molecule has 3 aromatic rings. The summed E-state index contributed by atoms with van der Waals surface area (Å²) in [6, 6.07) is 13.4. The van der Waals surface area contributed by atoms with Crippen LogP contribution in [0, 0.1) is 0 Å². The van der Waals surface area contributed by atoms with Crippen molar-refractivity contribution >= 4 is 34.1 Å². The van der Waals surface area contributed by atoms with E-state index in [0.29, 0.717) is 5.39 Å². The SMILES string of the molecule is O=C([O-])c1cc(N=Nc2c([O-])ccc3ccccc23)cc(C(=O)O)c1. The van der Waals surface area contributed by atoms with Gasteiger partial charge in [-0.25, -0.2) is 4.79 Å². The van der Waals surface area contributed by atoms with Crippen molar-refractivity contribution in [3.8, 4) is 5.75 Å². The highest BCUT2D eigenvalue weighted by Crippen LogP contribution is 2.34. The molecule has 0 unspecified atom stereocenters. The highest BCUT2D eigenvalue weighted by Gasteiger charge is 2.08. The molecule has 0 spiro atoms. The van der Waals surface area contributed by atoms with Gasteiger partial charge < -0.3 is 20.1 Å². The maximum Gasteiger partial charge on any atom is 0.335 e. The monoisotopic (exact) mass is 334 g/mol. The molecule has 0 saturated carbocycles. The molecule has 0 aliphatic heterocycles. The molecule has 124 valence electrons. The summed E-state index contributed by atoms with van der Waals surface area (Å²) >= 11 is 0. The summed E-state index contributed by atoms with van der Waals surface area (Å²) in [5.41, 5.74) is -0.523. The second kappa shape index (κ2) is 6.40.